The van der Waals surface area contributed by atoms with Crippen molar-refractivity contribution >= 4 is 43.1 Å². The third kappa shape index (κ3) is 4.94. The van der Waals surface area contributed by atoms with Crippen molar-refractivity contribution in [2.24, 2.45) is 0 Å². The molecule has 1 N–H and O–H groups in total. The lowest BCUT2D eigenvalue weighted by atomic mass is 10.2. The van der Waals surface area contributed by atoms with Gasteiger partial charge in [0.1, 0.15) is 4.90 Å². The zero-order chi connectivity index (χ0) is 18.0. The largest absolute Gasteiger partial charge is 0.242 e. The molecule has 0 fully saturated rings. The normalized spacial score (nSPS) is 12.3. The molecule has 9 heteroatoms. The molecule has 5 nitrogen and oxygen atoms in total. The molecule has 130 valence electrons. The summed E-state index contributed by atoms with van der Waals surface area (Å²) in [6.45, 7) is 0.127. The SMILES string of the molecule is CS(=O)(=O)c1ccc(Cl)c(S(=O)(=O)NCCc2cccc(Cl)c2)c1. The monoisotopic (exact) mass is 407 g/mol. The summed E-state index contributed by atoms with van der Waals surface area (Å²) >= 11 is 11.8. The Balaban J connectivity index is 2.18. The first-order chi connectivity index (χ1) is 11.1. The Morgan fingerprint density at radius 2 is 1.71 bits per heavy atom. The van der Waals surface area contributed by atoms with Crippen molar-refractivity contribution in [3.05, 3.63) is 58.1 Å². The van der Waals surface area contributed by atoms with Crippen LogP contribution in [0.5, 0.6) is 0 Å². The number of sulfone groups is 1. The molecule has 0 aliphatic carbocycles. The van der Waals surface area contributed by atoms with E-state index in [9.17, 15) is 16.8 Å². The van der Waals surface area contributed by atoms with Gasteiger partial charge in [0.25, 0.3) is 0 Å². The average Bonchev–Trinajstić information content (AvgIpc) is 2.46. The van der Waals surface area contributed by atoms with Gasteiger partial charge in [0.2, 0.25) is 10.0 Å². The summed E-state index contributed by atoms with van der Waals surface area (Å²) in [5, 5.41) is 0.525. The Labute approximate surface area is 151 Å². The van der Waals surface area contributed by atoms with Crippen LogP contribution in [0.1, 0.15) is 5.56 Å². The van der Waals surface area contributed by atoms with Crippen LogP contribution in [-0.2, 0) is 26.3 Å². The first-order valence-corrected chi connectivity index (χ1v) is 11.0. The maximum Gasteiger partial charge on any atom is 0.242 e. The Morgan fingerprint density at radius 1 is 1.00 bits per heavy atom. The van der Waals surface area contributed by atoms with E-state index >= 15 is 0 Å². The number of benzene rings is 2. The minimum Gasteiger partial charge on any atom is -0.224 e. The highest BCUT2D eigenvalue weighted by Crippen LogP contribution is 2.24. The van der Waals surface area contributed by atoms with Crippen molar-refractivity contribution in [1.82, 2.24) is 4.72 Å². The molecule has 0 bridgehead atoms. The van der Waals surface area contributed by atoms with Crippen LogP contribution < -0.4 is 4.72 Å². The Kier molecular flexibility index (Phi) is 5.93. The predicted molar refractivity (Wildman–Crippen MR) is 94.9 cm³/mol. The molecular weight excluding hydrogens is 393 g/mol. The fraction of sp³-hybridized carbons (Fsp3) is 0.200. The fourth-order valence-electron chi connectivity index (χ4n) is 2.02. The van der Waals surface area contributed by atoms with E-state index in [1.165, 1.54) is 12.1 Å². The molecule has 0 atom stereocenters. The zero-order valence-electron chi connectivity index (χ0n) is 12.7. The maximum atomic E-state index is 12.4. The molecule has 0 aliphatic rings. The van der Waals surface area contributed by atoms with Crippen molar-refractivity contribution in [3.63, 3.8) is 0 Å². The van der Waals surface area contributed by atoms with Crippen LogP contribution in [0.2, 0.25) is 10.0 Å². The maximum absolute atomic E-state index is 12.4. The van der Waals surface area contributed by atoms with Crippen LogP contribution in [0.25, 0.3) is 0 Å². The molecule has 0 aliphatic heterocycles. The van der Waals surface area contributed by atoms with Crippen molar-refractivity contribution in [2.75, 3.05) is 12.8 Å². The summed E-state index contributed by atoms with van der Waals surface area (Å²) in [7, 11) is -7.47. The van der Waals surface area contributed by atoms with Gasteiger partial charge in [0.05, 0.1) is 9.92 Å². The molecule has 2 aromatic rings. The predicted octanol–water partition coefficient (Wildman–Crippen LogP) is 2.92. The molecule has 0 radical (unpaired) electrons. The average molecular weight is 408 g/mol. The molecule has 0 amide bonds. The molecule has 0 saturated carbocycles. The van der Waals surface area contributed by atoms with Crippen LogP contribution in [0.15, 0.2) is 52.3 Å². The van der Waals surface area contributed by atoms with Gasteiger partial charge in [-0.25, -0.2) is 21.6 Å². The Morgan fingerprint density at radius 3 is 2.33 bits per heavy atom. The molecular formula is C15H15Cl2NO4S2. The smallest absolute Gasteiger partial charge is 0.224 e. The van der Waals surface area contributed by atoms with Crippen LogP contribution >= 0.6 is 23.2 Å². The van der Waals surface area contributed by atoms with E-state index in [-0.39, 0.29) is 21.4 Å². The molecule has 0 aromatic heterocycles. The standard InChI is InChI=1S/C15H15Cl2NO4S2/c1-23(19,20)13-5-6-14(17)15(10-13)24(21,22)18-8-7-11-3-2-4-12(16)9-11/h2-6,9-10,18H,7-8H2,1H3. The summed E-state index contributed by atoms with van der Waals surface area (Å²) in [6, 6.07) is 10.7. The van der Waals surface area contributed by atoms with Gasteiger partial charge in [-0.1, -0.05) is 35.3 Å². The quantitative estimate of drug-likeness (QED) is 0.797. The number of nitrogens with one attached hydrogen (secondary N) is 1. The van der Waals surface area contributed by atoms with E-state index in [2.05, 4.69) is 4.72 Å². The van der Waals surface area contributed by atoms with E-state index in [1.54, 1.807) is 18.2 Å². The van der Waals surface area contributed by atoms with Crippen LogP contribution in [-0.4, -0.2) is 29.6 Å². The van der Waals surface area contributed by atoms with Gasteiger partial charge in [0.15, 0.2) is 9.84 Å². The third-order valence-corrected chi connectivity index (χ3v) is 6.50. The molecule has 2 aromatic carbocycles. The van der Waals surface area contributed by atoms with Gasteiger partial charge in [-0.15, -0.1) is 0 Å². The second-order valence-electron chi connectivity index (χ2n) is 5.14. The minimum absolute atomic E-state index is 0.0438. The molecule has 0 unspecified atom stereocenters. The van der Waals surface area contributed by atoms with Crippen molar-refractivity contribution < 1.29 is 16.8 Å². The number of rotatable bonds is 6. The number of sulfonamides is 1. The highest BCUT2D eigenvalue weighted by molar-refractivity contribution is 7.91. The summed E-state index contributed by atoms with van der Waals surface area (Å²) in [5.41, 5.74) is 0.876. The van der Waals surface area contributed by atoms with Gasteiger partial charge in [-0.05, 0) is 42.3 Å². The summed E-state index contributed by atoms with van der Waals surface area (Å²) in [4.78, 5) is -0.375. The fourth-order valence-corrected chi connectivity index (χ4v) is 4.51. The van der Waals surface area contributed by atoms with Crippen molar-refractivity contribution in [1.29, 1.82) is 0 Å². The molecule has 2 rings (SSSR count). The summed E-state index contributed by atoms with van der Waals surface area (Å²) < 4.78 is 50.3. The van der Waals surface area contributed by atoms with Gasteiger partial charge < -0.3 is 0 Å². The van der Waals surface area contributed by atoms with Crippen molar-refractivity contribution in [3.8, 4) is 0 Å². The minimum atomic E-state index is -3.93. The topological polar surface area (TPSA) is 80.3 Å². The number of hydrogen-bond acceptors (Lipinski definition) is 4. The number of hydrogen-bond donors (Lipinski definition) is 1. The first-order valence-electron chi connectivity index (χ1n) is 6.83. The van der Waals surface area contributed by atoms with Gasteiger partial charge in [0, 0.05) is 17.8 Å². The van der Waals surface area contributed by atoms with E-state index in [1.807, 2.05) is 6.07 Å². The Bertz CT molecular complexity index is 957. The second-order valence-corrected chi connectivity index (χ2v) is 9.74. The van der Waals surface area contributed by atoms with Gasteiger partial charge in [-0.2, -0.15) is 0 Å². The number of halogens is 2. The lowest BCUT2D eigenvalue weighted by Crippen LogP contribution is -2.26. The van der Waals surface area contributed by atoms with Gasteiger partial charge >= 0.3 is 0 Å². The lowest BCUT2D eigenvalue weighted by molar-refractivity contribution is 0.581. The summed E-state index contributed by atoms with van der Waals surface area (Å²) in [5.74, 6) is 0. The van der Waals surface area contributed by atoms with Crippen molar-refractivity contribution in [2.45, 2.75) is 16.2 Å². The van der Waals surface area contributed by atoms with E-state index in [0.717, 1.165) is 17.9 Å². The highest BCUT2D eigenvalue weighted by atomic mass is 35.5. The second kappa shape index (κ2) is 7.41. The molecule has 24 heavy (non-hydrogen) atoms. The first kappa shape index (κ1) is 19.2. The highest BCUT2D eigenvalue weighted by Gasteiger charge is 2.20. The zero-order valence-corrected chi connectivity index (χ0v) is 15.8. The van der Waals surface area contributed by atoms with Gasteiger partial charge in [-0.3, -0.25) is 0 Å². The van der Waals surface area contributed by atoms with Crippen LogP contribution in [0, 0.1) is 0 Å². The van der Waals surface area contributed by atoms with Crippen LogP contribution in [0.4, 0.5) is 0 Å². The molecule has 0 saturated heterocycles. The molecule has 0 heterocycles. The van der Waals surface area contributed by atoms with E-state index < -0.39 is 19.9 Å². The van der Waals surface area contributed by atoms with E-state index in [4.69, 9.17) is 23.2 Å². The Hall–Kier alpha value is -1.12. The summed E-state index contributed by atoms with van der Waals surface area (Å²) in [6.07, 6.45) is 1.43. The molecule has 0 spiro atoms. The van der Waals surface area contributed by atoms with E-state index in [0.29, 0.717) is 11.4 Å². The lowest BCUT2D eigenvalue weighted by Gasteiger charge is -2.10. The van der Waals surface area contributed by atoms with Crippen LogP contribution in [0.3, 0.4) is 0 Å². The third-order valence-electron chi connectivity index (χ3n) is 3.22.